The Hall–Kier alpha value is -1.00. The number of carbonyl (C=O) groups is 1. The van der Waals surface area contributed by atoms with Gasteiger partial charge in [-0.1, -0.05) is 0 Å². The van der Waals surface area contributed by atoms with E-state index in [9.17, 15) is 4.79 Å². The van der Waals surface area contributed by atoms with Crippen molar-refractivity contribution >= 4 is 17.7 Å². The molecule has 2 rings (SSSR count). The SMILES string of the molecule is CSc1ccc(C(=O)NC(C)(CN)C2CC2)cc1. The molecule has 1 atom stereocenters. The Labute approximate surface area is 113 Å². The molecule has 1 saturated carbocycles. The van der Waals surface area contributed by atoms with Gasteiger partial charge in [-0.05, 0) is 56.2 Å². The van der Waals surface area contributed by atoms with E-state index in [4.69, 9.17) is 5.73 Å². The number of nitrogens with one attached hydrogen (secondary N) is 1. The topological polar surface area (TPSA) is 55.1 Å². The summed E-state index contributed by atoms with van der Waals surface area (Å²) in [5, 5.41) is 3.09. The predicted octanol–water partition coefficient (Wildman–Crippen LogP) is 2.27. The van der Waals surface area contributed by atoms with E-state index in [0.717, 1.165) is 4.90 Å². The number of rotatable bonds is 5. The van der Waals surface area contributed by atoms with Gasteiger partial charge < -0.3 is 11.1 Å². The number of thioether (sulfide) groups is 1. The molecular formula is C14H20N2OS. The first-order valence-corrected chi connectivity index (χ1v) is 7.48. The number of nitrogens with two attached hydrogens (primary N) is 1. The molecule has 1 unspecified atom stereocenters. The molecule has 3 N–H and O–H groups in total. The summed E-state index contributed by atoms with van der Waals surface area (Å²) in [5.41, 5.74) is 6.25. The molecule has 0 saturated heterocycles. The molecule has 0 bridgehead atoms. The number of hydrogen-bond donors (Lipinski definition) is 2. The number of benzene rings is 1. The van der Waals surface area contributed by atoms with Gasteiger partial charge in [-0.25, -0.2) is 0 Å². The van der Waals surface area contributed by atoms with Gasteiger partial charge in [-0.15, -0.1) is 11.8 Å². The molecule has 1 aromatic carbocycles. The van der Waals surface area contributed by atoms with Crippen molar-refractivity contribution in [2.45, 2.75) is 30.2 Å². The van der Waals surface area contributed by atoms with Crippen molar-refractivity contribution in [3.05, 3.63) is 29.8 Å². The highest BCUT2D eigenvalue weighted by atomic mass is 32.2. The third-order valence-electron chi connectivity index (χ3n) is 3.65. The summed E-state index contributed by atoms with van der Waals surface area (Å²) in [6.07, 6.45) is 4.35. The molecule has 3 nitrogen and oxygen atoms in total. The molecule has 1 fully saturated rings. The molecule has 98 valence electrons. The molecular weight excluding hydrogens is 244 g/mol. The lowest BCUT2D eigenvalue weighted by Crippen LogP contribution is -2.53. The number of amides is 1. The van der Waals surface area contributed by atoms with Crippen LogP contribution in [0.2, 0.25) is 0 Å². The average molecular weight is 264 g/mol. The number of carbonyl (C=O) groups excluding carboxylic acids is 1. The molecule has 0 aliphatic heterocycles. The van der Waals surface area contributed by atoms with Gasteiger partial charge in [0.15, 0.2) is 0 Å². The van der Waals surface area contributed by atoms with Crippen LogP contribution in [0.4, 0.5) is 0 Å². The molecule has 1 aliphatic carbocycles. The van der Waals surface area contributed by atoms with E-state index < -0.39 is 0 Å². The third kappa shape index (κ3) is 2.87. The molecule has 0 aromatic heterocycles. The Kier molecular flexibility index (Phi) is 3.97. The van der Waals surface area contributed by atoms with E-state index in [1.165, 1.54) is 12.8 Å². The Morgan fingerprint density at radius 2 is 2.06 bits per heavy atom. The Morgan fingerprint density at radius 3 is 2.50 bits per heavy atom. The van der Waals surface area contributed by atoms with Crippen LogP contribution in [0.5, 0.6) is 0 Å². The van der Waals surface area contributed by atoms with E-state index in [1.807, 2.05) is 37.4 Å². The quantitative estimate of drug-likeness (QED) is 0.802. The van der Waals surface area contributed by atoms with Crippen molar-refractivity contribution in [1.29, 1.82) is 0 Å². The van der Waals surface area contributed by atoms with E-state index in [1.54, 1.807) is 11.8 Å². The first-order chi connectivity index (χ1) is 8.59. The van der Waals surface area contributed by atoms with Crippen molar-refractivity contribution in [2.24, 2.45) is 11.7 Å². The molecule has 0 spiro atoms. The van der Waals surface area contributed by atoms with Gasteiger partial charge in [0, 0.05) is 17.0 Å². The molecule has 1 aliphatic rings. The minimum Gasteiger partial charge on any atom is -0.345 e. The van der Waals surface area contributed by atoms with Crippen LogP contribution in [-0.4, -0.2) is 24.2 Å². The van der Waals surface area contributed by atoms with Crippen molar-refractivity contribution in [3.63, 3.8) is 0 Å². The van der Waals surface area contributed by atoms with Crippen LogP contribution in [-0.2, 0) is 0 Å². The summed E-state index contributed by atoms with van der Waals surface area (Å²) in [6.45, 7) is 2.53. The summed E-state index contributed by atoms with van der Waals surface area (Å²) in [6, 6.07) is 7.67. The zero-order valence-electron chi connectivity index (χ0n) is 10.9. The van der Waals surface area contributed by atoms with Crippen molar-refractivity contribution in [2.75, 3.05) is 12.8 Å². The van der Waals surface area contributed by atoms with Gasteiger partial charge in [-0.2, -0.15) is 0 Å². The molecule has 1 amide bonds. The smallest absolute Gasteiger partial charge is 0.251 e. The fraction of sp³-hybridized carbons (Fsp3) is 0.500. The zero-order chi connectivity index (χ0) is 13.2. The van der Waals surface area contributed by atoms with Gasteiger partial charge in [0.2, 0.25) is 0 Å². The second-order valence-electron chi connectivity index (χ2n) is 5.08. The monoisotopic (exact) mass is 264 g/mol. The fourth-order valence-corrected chi connectivity index (χ4v) is 2.52. The predicted molar refractivity (Wildman–Crippen MR) is 75.9 cm³/mol. The van der Waals surface area contributed by atoms with Crippen molar-refractivity contribution in [1.82, 2.24) is 5.32 Å². The Morgan fingerprint density at radius 1 is 1.44 bits per heavy atom. The van der Waals surface area contributed by atoms with Gasteiger partial charge in [0.25, 0.3) is 5.91 Å². The largest absolute Gasteiger partial charge is 0.345 e. The Bertz CT molecular complexity index is 428. The maximum atomic E-state index is 12.2. The van der Waals surface area contributed by atoms with Crippen LogP contribution >= 0.6 is 11.8 Å². The van der Waals surface area contributed by atoms with E-state index in [0.29, 0.717) is 18.0 Å². The van der Waals surface area contributed by atoms with Crippen LogP contribution < -0.4 is 11.1 Å². The molecule has 0 heterocycles. The molecule has 4 heteroatoms. The summed E-state index contributed by atoms with van der Waals surface area (Å²) in [7, 11) is 0. The first kappa shape index (κ1) is 13.4. The molecule has 18 heavy (non-hydrogen) atoms. The highest BCUT2D eigenvalue weighted by molar-refractivity contribution is 7.98. The second kappa shape index (κ2) is 5.33. The van der Waals surface area contributed by atoms with Crippen LogP contribution in [0, 0.1) is 5.92 Å². The number of hydrogen-bond acceptors (Lipinski definition) is 3. The van der Waals surface area contributed by atoms with Crippen molar-refractivity contribution in [3.8, 4) is 0 Å². The van der Waals surface area contributed by atoms with E-state index in [2.05, 4.69) is 5.32 Å². The van der Waals surface area contributed by atoms with Crippen LogP contribution in [0.1, 0.15) is 30.1 Å². The minimum atomic E-state index is -0.255. The summed E-state index contributed by atoms with van der Waals surface area (Å²) in [5.74, 6) is 0.513. The fourth-order valence-electron chi connectivity index (χ4n) is 2.11. The summed E-state index contributed by atoms with van der Waals surface area (Å²) < 4.78 is 0. The summed E-state index contributed by atoms with van der Waals surface area (Å²) in [4.78, 5) is 13.3. The lowest BCUT2D eigenvalue weighted by atomic mass is 9.95. The zero-order valence-corrected chi connectivity index (χ0v) is 11.7. The first-order valence-electron chi connectivity index (χ1n) is 6.25. The standard InChI is InChI=1S/C14H20N2OS/c1-14(9-15,11-5-6-11)16-13(17)10-3-7-12(18-2)8-4-10/h3-4,7-8,11H,5-6,9,15H2,1-2H3,(H,16,17). The normalized spacial score (nSPS) is 18.2. The summed E-state index contributed by atoms with van der Waals surface area (Å²) >= 11 is 1.67. The lowest BCUT2D eigenvalue weighted by Gasteiger charge is -2.29. The Balaban J connectivity index is 2.06. The van der Waals surface area contributed by atoms with Crippen LogP contribution in [0.15, 0.2) is 29.2 Å². The van der Waals surface area contributed by atoms with Crippen LogP contribution in [0.3, 0.4) is 0 Å². The highest BCUT2D eigenvalue weighted by Crippen LogP contribution is 2.39. The highest BCUT2D eigenvalue weighted by Gasteiger charge is 2.41. The molecule has 1 aromatic rings. The maximum Gasteiger partial charge on any atom is 0.251 e. The van der Waals surface area contributed by atoms with Crippen molar-refractivity contribution < 1.29 is 4.79 Å². The minimum absolute atomic E-state index is 0.0255. The lowest BCUT2D eigenvalue weighted by molar-refractivity contribution is 0.0898. The molecule has 0 radical (unpaired) electrons. The van der Waals surface area contributed by atoms with Gasteiger partial charge in [0.1, 0.15) is 0 Å². The van der Waals surface area contributed by atoms with Gasteiger partial charge >= 0.3 is 0 Å². The maximum absolute atomic E-state index is 12.2. The van der Waals surface area contributed by atoms with Crippen LogP contribution in [0.25, 0.3) is 0 Å². The average Bonchev–Trinajstić information content (AvgIpc) is 3.23. The third-order valence-corrected chi connectivity index (χ3v) is 4.40. The van der Waals surface area contributed by atoms with E-state index in [-0.39, 0.29) is 11.4 Å². The van der Waals surface area contributed by atoms with E-state index >= 15 is 0 Å². The van der Waals surface area contributed by atoms with Gasteiger partial charge in [0.05, 0.1) is 5.54 Å². The second-order valence-corrected chi connectivity index (χ2v) is 5.96. The van der Waals surface area contributed by atoms with Gasteiger partial charge in [-0.3, -0.25) is 4.79 Å².